The topological polar surface area (TPSA) is 53.4 Å². The maximum Gasteiger partial charge on any atom is 0.254 e. The third-order valence-electron chi connectivity index (χ3n) is 4.02. The van der Waals surface area contributed by atoms with Crippen LogP contribution in [0.2, 0.25) is 5.15 Å². The highest BCUT2D eigenvalue weighted by atomic mass is 35.5. The van der Waals surface area contributed by atoms with Crippen LogP contribution in [0.4, 0.5) is 0 Å². The van der Waals surface area contributed by atoms with E-state index in [0.29, 0.717) is 17.3 Å². The first-order chi connectivity index (χ1) is 10.0. The van der Waals surface area contributed by atoms with E-state index in [2.05, 4.69) is 4.98 Å². The normalized spacial score (nSPS) is 15.7. The molecule has 5 heteroatoms. The van der Waals surface area contributed by atoms with Crippen LogP contribution >= 0.6 is 11.6 Å². The van der Waals surface area contributed by atoms with Gasteiger partial charge in [-0.25, -0.2) is 4.98 Å². The maximum atomic E-state index is 12.8. The van der Waals surface area contributed by atoms with Gasteiger partial charge in [-0.05, 0) is 30.9 Å². The number of amides is 1. The van der Waals surface area contributed by atoms with Crippen LogP contribution in [0.25, 0.3) is 0 Å². The van der Waals surface area contributed by atoms with Gasteiger partial charge in [0.2, 0.25) is 0 Å². The maximum absolute atomic E-state index is 12.8. The molecule has 1 aromatic heterocycles. The first kappa shape index (κ1) is 16.2. The molecule has 0 unspecified atom stereocenters. The molecule has 1 aliphatic carbocycles. The molecule has 1 aromatic rings. The number of hydrogen-bond acceptors (Lipinski definition) is 3. The van der Waals surface area contributed by atoms with Gasteiger partial charge in [0.05, 0.1) is 6.61 Å². The number of pyridine rings is 1. The second-order valence-corrected chi connectivity index (χ2v) is 6.31. The zero-order valence-corrected chi connectivity index (χ0v) is 13.4. The highest BCUT2D eigenvalue weighted by Crippen LogP contribution is 2.26. The SMILES string of the molecule is CC(C)c1cc(C(=O)N(CCO)C2CCCC2)cc(Cl)n1. The molecule has 1 saturated carbocycles. The Bertz CT molecular complexity index is 499. The minimum absolute atomic E-state index is 0.0158. The molecular weight excluding hydrogens is 288 g/mol. The van der Waals surface area contributed by atoms with Crippen LogP contribution in [0, 0.1) is 0 Å². The molecule has 0 aliphatic heterocycles. The van der Waals surface area contributed by atoms with Crippen molar-refractivity contribution < 1.29 is 9.90 Å². The second-order valence-electron chi connectivity index (χ2n) is 5.92. The van der Waals surface area contributed by atoms with Crippen molar-refractivity contribution >= 4 is 17.5 Å². The molecule has 1 heterocycles. The van der Waals surface area contributed by atoms with Crippen molar-refractivity contribution in [3.05, 3.63) is 28.5 Å². The summed E-state index contributed by atoms with van der Waals surface area (Å²) in [6.45, 7) is 4.41. The summed E-state index contributed by atoms with van der Waals surface area (Å²) in [5.41, 5.74) is 1.39. The van der Waals surface area contributed by atoms with Gasteiger partial charge in [-0.2, -0.15) is 0 Å². The predicted octanol–water partition coefficient (Wildman–Crippen LogP) is 3.24. The lowest BCUT2D eigenvalue weighted by atomic mass is 10.1. The van der Waals surface area contributed by atoms with Crippen LogP contribution in [-0.4, -0.2) is 40.1 Å². The van der Waals surface area contributed by atoms with E-state index in [9.17, 15) is 9.90 Å². The first-order valence-electron chi connectivity index (χ1n) is 7.62. The van der Waals surface area contributed by atoms with E-state index < -0.39 is 0 Å². The molecule has 4 nitrogen and oxygen atoms in total. The molecule has 0 saturated heterocycles. The Morgan fingerprint density at radius 1 is 1.43 bits per heavy atom. The molecule has 0 aromatic carbocycles. The lowest BCUT2D eigenvalue weighted by Gasteiger charge is -2.28. The third kappa shape index (κ3) is 3.95. The Labute approximate surface area is 131 Å². The summed E-state index contributed by atoms with van der Waals surface area (Å²) >= 11 is 6.05. The summed E-state index contributed by atoms with van der Waals surface area (Å²) in [7, 11) is 0. The average molecular weight is 311 g/mol. The van der Waals surface area contributed by atoms with Crippen LogP contribution in [0.5, 0.6) is 0 Å². The summed E-state index contributed by atoms with van der Waals surface area (Å²) in [4.78, 5) is 18.8. The monoisotopic (exact) mass is 310 g/mol. The van der Waals surface area contributed by atoms with Gasteiger partial charge in [0.1, 0.15) is 5.15 Å². The van der Waals surface area contributed by atoms with Gasteiger partial charge in [0.25, 0.3) is 5.91 Å². The van der Waals surface area contributed by atoms with Crippen molar-refractivity contribution in [2.45, 2.75) is 51.5 Å². The van der Waals surface area contributed by atoms with Crippen molar-refractivity contribution in [1.29, 1.82) is 0 Å². The van der Waals surface area contributed by atoms with Crippen molar-refractivity contribution in [2.24, 2.45) is 0 Å². The number of aromatic nitrogens is 1. The summed E-state index contributed by atoms with van der Waals surface area (Å²) in [6.07, 6.45) is 4.33. The molecule has 0 spiro atoms. The van der Waals surface area contributed by atoms with Gasteiger partial charge in [0.15, 0.2) is 0 Å². The van der Waals surface area contributed by atoms with E-state index in [-0.39, 0.29) is 24.5 Å². The van der Waals surface area contributed by atoms with Gasteiger partial charge in [-0.15, -0.1) is 0 Å². The highest BCUT2D eigenvalue weighted by molar-refractivity contribution is 6.29. The number of aliphatic hydroxyl groups is 1. The fourth-order valence-corrected chi connectivity index (χ4v) is 3.09. The Balaban J connectivity index is 2.27. The standard InChI is InChI=1S/C16H23ClN2O2/c1-11(2)14-9-12(10-15(17)18-14)16(21)19(7-8-20)13-5-3-4-6-13/h9-11,13,20H,3-8H2,1-2H3. The van der Waals surface area contributed by atoms with Gasteiger partial charge in [0, 0.05) is 23.8 Å². The Hall–Kier alpha value is -1.13. The molecule has 2 rings (SSSR count). The van der Waals surface area contributed by atoms with Gasteiger partial charge >= 0.3 is 0 Å². The quantitative estimate of drug-likeness (QED) is 0.849. The molecule has 21 heavy (non-hydrogen) atoms. The lowest BCUT2D eigenvalue weighted by Crippen LogP contribution is -2.40. The Kier molecular flexibility index (Phi) is 5.59. The van der Waals surface area contributed by atoms with Crippen molar-refractivity contribution in [3.8, 4) is 0 Å². The molecule has 116 valence electrons. The van der Waals surface area contributed by atoms with Crippen LogP contribution < -0.4 is 0 Å². The smallest absolute Gasteiger partial charge is 0.254 e. The summed E-state index contributed by atoms with van der Waals surface area (Å²) in [6, 6.07) is 3.67. The summed E-state index contributed by atoms with van der Waals surface area (Å²) in [5, 5.41) is 9.61. The van der Waals surface area contributed by atoms with E-state index >= 15 is 0 Å². The molecule has 0 radical (unpaired) electrons. The number of nitrogens with zero attached hydrogens (tertiary/aromatic N) is 2. The van der Waals surface area contributed by atoms with Gasteiger partial charge in [-0.1, -0.05) is 38.3 Å². The molecule has 1 amide bonds. The van der Waals surface area contributed by atoms with Crippen LogP contribution in [0.3, 0.4) is 0 Å². The molecule has 0 atom stereocenters. The van der Waals surface area contributed by atoms with E-state index in [0.717, 1.165) is 31.4 Å². The number of aliphatic hydroxyl groups excluding tert-OH is 1. The number of halogens is 1. The fourth-order valence-electron chi connectivity index (χ4n) is 2.88. The van der Waals surface area contributed by atoms with Crippen molar-refractivity contribution in [3.63, 3.8) is 0 Å². The fraction of sp³-hybridized carbons (Fsp3) is 0.625. The lowest BCUT2D eigenvalue weighted by molar-refractivity contribution is 0.0638. The molecule has 1 aliphatic rings. The second kappa shape index (κ2) is 7.23. The van der Waals surface area contributed by atoms with Gasteiger partial charge < -0.3 is 10.0 Å². The molecule has 0 bridgehead atoms. The van der Waals surface area contributed by atoms with E-state index in [1.165, 1.54) is 0 Å². The van der Waals surface area contributed by atoms with Gasteiger partial charge in [-0.3, -0.25) is 4.79 Å². The van der Waals surface area contributed by atoms with E-state index in [1.807, 2.05) is 19.9 Å². The summed E-state index contributed by atoms with van der Waals surface area (Å²) < 4.78 is 0. The Morgan fingerprint density at radius 3 is 2.67 bits per heavy atom. The van der Waals surface area contributed by atoms with E-state index in [1.54, 1.807) is 11.0 Å². The summed E-state index contributed by atoms with van der Waals surface area (Å²) in [5.74, 6) is 0.162. The zero-order valence-electron chi connectivity index (χ0n) is 12.7. The number of hydrogen-bond donors (Lipinski definition) is 1. The molecular formula is C16H23ClN2O2. The largest absolute Gasteiger partial charge is 0.395 e. The van der Waals surface area contributed by atoms with Crippen LogP contribution in [0.15, 0.2) is 12.1 Å². The predicted molar refractivity (Wildman–Crippen MR) is 83.7 cm³/mol. The number of rotatable bonds is 5. The van der Waals surface area contributed by atoms with Crippen LogP contribution in [-0.2, 0) is 0 Å². The minimum atomic E-state index is -0.0536. The molecule has 1 fully saturated rings. The minimum Gasteiger partial charge on any atom is -0.395 e. The number of carbonyl (C=O) groups excluding carboxylic acids is 1. The van der Waals surface area contributed by atoms with Crippen molar-refractivity contribution in [2.75, 3.05) is 13.2 Å². The number of carbonyl (C=O) groups is 1. The van der Waals surface area contributed by atoms with Crippen LogP contribution in [0.1, 0.15) is 61.5 Å². The average Bonchev–Trinajstić information content (AvgIpc) is 2.97. The van der Waals surface area contributed by atoms with E-state index in [4.69, 9.17) is 11.6 Å². The Morgan fingerprint density at radius 2 is 2.10 bits per heavy atom. The van der Waals surface area contributed by atoms with Crippen molar-refractivity contribution in [1.82, 2.24) is 9.88 Å². The molecule has 1 N–H and O–H groups in total. The highest BCUT2D eigenvalue weighted by Gasteiger charge is 2.27. The zero-order chi connectivity index (χ0) is 15.4. The first-order valence-corrected chi connectivity index (χ1v) is 8.00. The third-order valence-corrected chi connectivity index (χ3v) is 4.21.